The van der Waals surface area contributed by atoms with Crippen molar-refractivity contribution < 1.29 is 13.4 Å². The summed E-state index contributed by atoms with van der Waals surface area (Å²) >= 11 is 0. The van der Waals surface area contributed by atoms with Gasteiger partial charge in [0.2, 0.25) is 5.91 Å². The fraction of sp³-hybridized carbons (Fsp3) is 0.417. The van der Waals surface area contributed by atoms with Crippen LogP contribution >= 0.6 is 0 Å². The maximum Gasteiger partial charge on any atom is 0.233 e. The summed E-state index contributed by atoms with van der Waals surface area (Å²) in [5, 5.41) is 2.67. The standard InChI is InChI=1S/C12H17FN2O2S/c1-12(2,3)15-11(16)7-18(17)10-5-4-8(14)6-9(10)13/h4-6H,7,14H2,1-3H3,(H,15,16). The Labute approximate surface area is 108 Å². The largest absolute Gasteiger partial charge is 0.399 e. The number of nitrogens with two attached hydrogens (primary N) is 1. The van der Waals surface area contributed by atoms with Crippen molar-refractivity contribution in [1.82, 2.24) is 5.32 Å². The smallest absolute Gasteiger partial charge is 0.233 e. The minimum Gasteiger partial charge on any atom is -0.399 e. The number of benzene rings is 1. The van der Waals surface area contributed by atoms with Crippen molar-refractivity contribution in [3.63, 3.8) is 0 Å². The molecular formula is C12H17FN2O2S. The van der Waals surface area contributed by atoms with Crippen LogP contribution in [0.15, 0.2) is 23.1 Å². The second-order valence-electron chi connectivity index (χ2n) is 4.98. The molecule has 1 atom stereocenters. The zero-order valence-electron chi connectivity index (χ0n) is 10.6. The van der Waals surface area contributed by atoms with Crippen LogP contribution in [-0.2, 0) is 15.6 Å². The molecule has 1 rings (SSSR count). The monoisotopic (exact) mass is 272 g/mol. The molecular weight excluding hydrogens is 255 g/mol. The highest BCUT2D eigenvalue weighted by molar-refractivity contribution is 7.85. The number of hydrogen-bond acceptors (Lipinski definition) is 3. The fourth-order valence-electron chi connectivity index (χ4n) is 1.35. The summed E-state index contributed by atoms with van der Waals surface area (Å²) in [7, 11) is -1.71. The molecule has 0 aromatic heterocycles. The Balaban J connectivity index is 2.74. The molecule has 0 aliphatic rings. The summed E-state index contributed by atoms with van der Waals surface area (Å²) in [6.07, 6.45) is 0. The van der Waals surface area contributed by atoms with Crippen LogP contribution in [-0.4, -0.2) is 21.4 Å². The van der Waals surface area contributed by atoms with Crippen molar-refractivity contribution in [2.75, 3.05) is 11.5 Å². The first-order valence-electron chi connectivity index (χ1n) is 5.43. The molecule has 18 heavy (non-hydrogen) atoms. The van der Waals surface area contributed by atoms with Crippen molar-refractivity contribution in [1.29, 1.82) is 0 Å². The van der Waals surface area contributed by atoms with Crippen molar-refractivity contribution >= 4 is 22.4 Å². The predicted octanol–water partition coefficient (Wildman–Crippen LogP) is 1.43. The summed E-state index contributed by atoms with van der Waals surface area (Å²) in [6.45, 7) is 5.45. The van der Waals surface area contributed by atoms with E-state index in [0.29, 0.717) is 0 Å². The normalized spacial score (nSPS) is 13.1. The number of carbonyl (C=O) groups excluding carboxylic acids is 1. The summed E-state index contributed by atoms with van der Waals surface area (Å²) in [5.74, 6) is -1.30. The van der Waals surface area contributed by atoms with E-state index in [-0.39, 0.29) is 22.2 Å². The molecule has 0 saturated heterocycles. The molecule has 1 amide bonds. The molecule has 0 aliphatic carbocycles. The Hall–Kier alpha value is -1.43. The van der Waals surface area contributed by atoms with Crippen LogP contribution in [0.4, 0.5) is 10.1 Å². The lowest BCUT2D eigenvalue weighted by molar-refractivity contribution is -0.119. The van der Waals surface area contributed by atoms with Gasteiger partial charge in [-0.25, -0.2) is 4.39 Å². The third-order valence-electron chi connectivity index (χ3n) is 1.98. The molecule has 1 unspecified atom stereocenters. The Kier molecular flexibility index (Phi) is 4.45. The highest BCUT2D eigenvalue weighted by Crippen LogP contribution is 2.15. The summed E-state index contributed by atoms with van der Waals surface area (Å²) in [4.78, 5) is 11.6. The molecule has 0 spiro atoms. The van der Waals surface area contributed by atoms with E-state index in [9.17, 15) is 13.4 Å². The number of anilines is 1. The number of nitrogens with one attached hydrogen (secondary N) is 1. The Morgan fingerprint density at radius 2 is 2.06 bits per heavy atom. The minimum absolute atomic E-state index is 0.00624. The molecule has 0 fully saturated rings. The van der Waals surface area contributed by atoms with Gasteiger partial charge in [-0.1, -0.05) is 0 Å². The number of hydrogen-bond donors (Lipinski definition) is 2. The molecule has 1 aromatic rings. The van der Waals surface area contributed by atoms with Crippen LogP contribution in [0, 0.1) is 5.82 Å². The lowest BCUT2D eigenvalue weighted by Crippen LogP contribution is -2.42. The summed E-state index contributed by atoms with van der Waals surface area (Å²) in [6, 6.07) is 3.89. The maximum atomic E-state index is 13.5. The second kappa shape index (κ2) is 5.48. The van der Waals surface area contributed by atoms with Crippen LogP contribution in [0.5, 0.6) is 0 Å². The first-order valence-corrected chi connectivity index (χ1v) is 6.75. The minimum atomic E-state index is -1.71. The van der Waals surface area contributed by atoms with Crippen LogP contribution in [0.1, 0.15) is 20.8 Å². The third kappa shape index (κ3) is 4.44. The Morgan fingerprint density at radius 1 is 1.44 bits per heavy atom. The molecule has 0 aliphatic heterocycles. The molecule has 3 N–H and O–H groups in total. The summed E-state index contributed by atoms with van der Waals surface area (Å²) in [5.41, 5.74) is 5.25. The molecule has 0 heterocycles. The SMILES string of the molecule is CC(C)(C)NC(=O)CS(=O)c1ccc(N)cc1F. The van der Waals surface area contributed by atoms with Gasteiger partial charge in [-0.05, 0) is 39.0 Å². The van der Waals surface area contributed by atoms with E-state index in [0.717, 1.165) is 6.07 Å². The van der Waals surface area contributed by atoms with Gasteiger partial charge in [0.15, 0.2) is 0 Å². The first kappa shape index (κ1) is 14.6. The number of rotatable bonds is 3. The topological polar surface area (TPSA) is 72.2 Å². The molecule has 1 aromatic carbocycles. The van der Waals surface area contributed by atoms with Crippen molar-refractivity contribution in [3.05, 3.63) is 24.0 Å². The van der Waals surface area contributed by atoms with Crippen LogP contribution in [0.25, 0.3) is 0 Å². The van der Waals surface area contributed by atoms with Gasteiger partial charge in [-0.15, -0.1) is 0 Å². The molecule has 0 radical (unpaired) electrons. The van der Waals surface area contributed by atoms with E-state index in [1.807, 2.05) is 20.8 Å². The molecule has 0 saturated carbocycles. The Bertz CT molecular complexity index is 483. The van der Waals surface area contributed by atoms with E-state index in [2.05, 4.69) is 5.32 Å². The lowest BCUT2D eigenvalue weighted by Gasteiger charge is -2.20. The van der Waals surface area contributed by atoms with Gasteiger partial charge < -0.3 is 11.1 Å². The number of carbonyl (C=O) groups is 1. The van der Waals surface area contributed by atoms with E-state index in [4.69, 9.17) is 5.73 Å². The second-order valence-corrected chi connectivity index (χ2v) is 6.40. The van der Waals surface area contributed by atoms with Gasteiger partial charge in [-0.3, -0.25) is 9.00 Å². The average Bonchev–Trinajstić information content (AvgIpc) is 2.13. The maximum absolute atomic E-state index is 13.5. The fourth-order valence-corrected chi connectivity index (χ4v) is 2.31. The number of halogens is 1. The van der Waals surface area contributed by atoms with Crippen molar-refractivity contribution in [2.24, 2.45) is 0 Å². The van der Waals surface area contributed by atoms with Gasteiger partial charge in [0.25, 0.3) is 0 Å². The first-order chi connectivity index (χ1) is 8.19. The molecule has 0 bridgehead atoms. The zero-order valence-corrected chi connectivity index (χ0v) is 11.4. The molecule has 6 heteroatoms. The van der Waals surface area contributed by atoms with Crippen molar-refractivity contribution in [2.45, 2.75) is 31.2 Å². The predicted molar refractivity (Wildman–Crippen MR) is 70.0 cm³/mol. The van der Waals surface area contributed by atoms with E-state index in [1.165, 1.54) is 12.1 Å². The number of nitrogen functional groups attached to an aromatic ring is 1. The van der Waals surface area contributed by atoms with Gasteiger partial charge in [0, 0.05) is 11.2 Å². The number of amides is 1. The highest BCUT2D eigenvalue weighted by Gasteiger charge is 2.18. The summed E-state index contributed by atoms with van der Waals surface area (Å²) < 4.78 is 25.3. The van der Waals surface area contributed by atoms with Gasteiger partial charge in [-0.2, -0.15) is 0 Å². The van der Waals surface area contributed by atoms with Crippen LogP contribution in [0.3, 0.4) is 0 Å². The van der Waals surface area contributed by atoms with Crippen LogP contribution in [0.2, 0.25) is 0 Å². The van der Waals surface area contributed by atoms with Gasteiger partial charge >= 0.3 is 0 Å². The highest BCUT2D eigenvalue weighted by atomic mass is 32.2. The Morgan fingerprint density at radius 3 is 2.56 bits per heavy atom. The quantitative estimate of drug-likeness (QED) is 0.818. The molecule has 4 nitrogen and oxygen atoms in total. The third-order valence-corrected chi connectivity index (χ3v) is 3.32. The van der Waals surface area contributed by atoms with E-state index >= 15 is 0 Å². The van der Waals surface area contributed by atoms with Crippen molar-refractivity contribution in [3.8, 4) is 0 Å². The lowest BCUT2D eigenvalue weighted by atomic mass is 10.1. The van der Waals surface area contributed by atoms with E-state index < -0.39 is 22.2 Å². The van der Waals surface area contributed by atoms with E-state index in [1.54, 1.807) is 0 Å². The van der Waals surface area contributed by atoms with Gasteiger partial charge in [0.05, 0.1) is 15.7 Å². The van der Waals surface area contributed by atoms with Gasteiger partial charge in [0.1, 0.15) is 11.6 Å². The zero-order chi connectivity index (χ0) is 13.9. The van der Waals surface area contributed by atoms with Crippen LogP contribution < -0.4 is 11.1 Å². The molecule has 100 valence electrons. The average molecular weight is 272 g/mol.